The molecule has 0 aromatic carbocycles. The van der Waals surface area contributed by atoms with E-state index in [4.69, 9.17) is 11.6 Å². The van der Waals surface area contributed by atoms with Gasteiger partial charge in [0.1, 0.15) is 5.88 Å². The molecule has 0 heterocycles. The number of carbonyl (C=O) groups is 3. The van der Waals surface area contributed by atoms with E-state index >= 15 is 0 Å². The number of nitrogens with one attached hydrogen (secondary N) is 2. The summed E-state index contributed by atoms with van der Waals surface area (Å²) in [7, 11) is 3.12. The normalized spacial score (nSPS) is 9.07. The van der Waals surface area contributed by atoms with E-state index in [-0.39, 0.29) is 18.3 Å². The first kappa shape index (κ1) is 12.7. The number of likely N-dealkylation sites (N-methyl/N-ethyl adjacent to an activating group) is 1. The molecule has 0 fully saturated rings. The highest BCUT2D eigenvalue weighted by molar-refractivity contribution is 6.28. The van der Waals surface area contributed by atoms with Crippen LogP contribution < -0.4 is 10.6 Å². The molecule has 0 aromatic heterocycles. The molecule has 4 amide bonds. The Morgan fingerprint density at radius 2 is 1.86 bits per heavy atom. The van der Waals surface area contributed by atoms with Crippen LogP contribution in [0.15, 0.2) is 0 Å². The van der Waals surface area contributed by atoms with Gasteiger partial charge in [0, 0.05) is 14.1 Å². The van der Waals surface area contributed by atoms with Crippen molar-refractivity contribution in [3.8, 4) is 0 Å². The molecule has 6 nitrogen and oxygen atoms in total. The van der Waals surface area contributed by atoms with Crippen molar-refractivity contribution in [2.24, 2.45) is 0 Å². The fraction of sp³-hybridized carbons (Fsp3) is 0.571. The first-order valence-electron chi connectivity index (χ1n) is 3.81. The Morgan fingerprint density at radius 1 is 1.29 bits per heavy atom. The molecule has 7 heteroatoms. The lowest BCUT2D eigenvalue weighted by Crippen LogP contribution is -2.44. The van der Waals surface area contributed by atoms with E-state index in [1.165, 1.54) is 4.90 Å². The van der Waals surface area contributed by atoms with Gasteiger partial charge in [0.2, 0.25) is 11.8 Å². The third kappa shape index (κ3) is 5.36. The number of urea groups is 1. The molecule has 80 valence electrons. The van der Waals surface area contributed by atoms with Crippen molar-refractivity contribution in [3.63, 3.8) is 0 Å². The SMILES string of the molecule is CN(C)C(=O)CNC(=O)NC(=O)CCl. The zero-order valence-corrected chi connectivity index (χ0v) is 8.72. The molecule has 0 aliphatic heterocycles. The lowest BCUT2D eigenvalue weighted by atomic mass is 10.5. The number of amides is 4. The molecule has 0 saturated heterocycles. The van der Waals surface area contributed by atoms with E-state index in [1.807, 2.05) is 5.32 Å². The van der Waals surface area contributed by atoms with E-state index in [0.29, 0.717) is 0 Å². The largest absolute Gasteiger partial charge is 0.347 e. The second-order valence-corrected chi connectivity index (χ2v) is 2.92. The molecule has 0 rings (SSSR count). The maximum atomic E-state index is 11.0. The number of hydrogen-bond donors (Lipinski definition) is 2. The monoisotopic (exact) mass is 221 g/mol. The third-order valence-corrected chi connectivity index (χ3v) is 1.52. The topological polar surface area (TPSA) is 78.5 Å². The van der Waals surface area contributed by atoms with Crippen LogP contribution >= 0.6 is 11.6 Å². The molecule has 0 aromatic rings. The molecule has 0 unspecified atom stereocenters. The highest BCUT2D eigenvalue weighted by atomic mass is 35.5. The zero-order valence-electron chi connectivity index (χ0n) is 7.96. The van der Waals surface area contributed by atoms with Crippen LogP contribution in [0.4, 0.5) is 4.79 Å². The molecular formula is C7H12ClN3O3. The first-order chi connectivity index (χ1) is 6.47. The summed E-state index contributed by atoms with van der Waals surface area (Å²) in [4.78, 5) is 33.8. The van der Waals surface area contributed by atoms with Gasteiger partial charge in [-0.05, 0) is 0 Å². The summed E-state index contributed by atoms with van der Waals surface area (Å²) in [5, 5.41) is 4.14. The Hall–Kier alpha value is -1.30. The van der Waals surface area contributed by atoms with Crippen LogP contribution in [0.5, 0.6) is 0 Å². The van der Waals surface area contributed by atoms with Gasteiger partial charge in [-0.2, -0.15) is 0 Å². The predicted octanol–water partition coefficient (Wildman–Crippen LogP) is -0.861. The van der Waals surface area contributed by atoms with Crippen LogP contribution in [0.2, 0.25) is 0 Å². The number of nitrogens with zero attached hydrogens (tertiary/aromatic N) is 1. The third-order valence-electron chi connectivity index (χ3n) is 1.27. The number of imide groups is 1. The van der Waals surface area contributed by atoms with Crippen molar-refractivity contribution >= 4 is 29.4 Å². The van der Waals surface area contributed by atoms with Crippen LogP contribution in [0.1, 0.15) is 0 Å². The van der Waals surface area contributed by atoms with Gasteiger partial charge >= 0.3 is 6.03 Å². The minimum absolute atomic E-state index is 0.158. The lowest BCUT2D eigenvalue weighted by Gasteiger charge is -2.10. The van der Waals surface area contributed by atoms with Gasteiger partial charge < -0.3 is 10.2 Å². The van der Waals surface area contributed by atoms with Crippen LogP contribution in [-0.2, 0) is 9.59 Å². The van der Waals surface area contributed by atoms with Gasteiger partial charge in [-0.3, -0.25) is 14.9 Å². The molecule has 0 spiro atoms. The number of rotatable bonds is 3. The molecule has 0 atom stereocenters. The van der Waals surface area contributed by atoms with Crippen LogP contribution in [-0.4, -0.2) is 49.3 Å². The van der Waals surface area contributed by atoms with Crippen molar-refractivity contribution in [2.75, 3.05) is 26.5 Å². The number of carbonyl (C=O) groups excluding carboxylic acids is 3. The minimum atomic E-state index is -0.731. The van der Waals surface area contributed by atoms with E-state index in [9.17, 15) is 14.4 Å². The van der Waals surface area contributed by atoms with Crippen molar-refractivity contribution < 1.29 is 14.4 Å². The van der Waals surface area contributed by atoms with Crippen molar-refractivity contribution in [3.05, 3.63) is 0 Å². The Kier molecular flexibility index (Phi) is 5.62. The van der Waals surface area contributed by atoms with Crippen molar-refractivity contribution in [1.29, 1.82) is 0 Å². The molecule has 2 N–H and O–H groups in total. The fourth-order valence-electron chi connectivity index (χ4n) is 0.518. The molecule has 14 heavy (non-hydrogen) atoms. The summed E-state index contributed by atoms with van der Waals surface area (Å²) in [5.41, 5.74) is 0. The van der Waals surface area contributed by atoms with Crippen LogP contribution in [0, 0.1) is 0 Å². The second-order valence-electron chi connectivity index (χ2n) is 2.65. The summed E-state index contributed by atoms with van der Waals surface area (Å²) in [6, 6.07) is -0.731. The summed E-state index contributed by atoms with van der Waals surface area (Å²) in [5.74, 6) is -1.17. The average Bonchev–Trinajstić information content (AvgIpc) is 2.13. The van der Waals surface area contributed by atoms with Gasteiger partial charge in [0.05, 0.1) is 6.54 Å². The second kappa shape index (κ2) is 6.20. The fourth-order valence-corrected chi connectivity index (χ4v) is 0.585. The maximum absolute atomic E-state index is 11.0. The number of halogens is 1. The number of alkyl halides is 1. The maximum Gasteiger partial charge on any atom is 0.321 e. The Balaban J connectivity index is 3.75. The summed E-state index contributed by atoms with van der Waals surface area (Å²) in [6.45, 7) is -0.158. The van der Waals surface area contributed by atoms with Crippen molar-refractivity contribution in [1.82, 2.24) is 15.5 Å². The molecular weight excluding hydrogens is 210 g/mol. The van der Waals surface area contributed by atoms with Crippen molar-refractivity contribution in [2.45, 2.75) is 0 Å². The molecule has 0 bridgehead atoms. The zero-order chi connectivity index (χ0) is 11.1. The Labute approximate surface area is 86.6 Å². The van der Waals surface area contributed by atoms with Gasteiger partial charge in [0.25, 0.3) is 0 Å². The summed E-state index contributed by atoms with van der Waals surface area (Å²) < 4.78 is 0. The minimum Gasteiger partial charge on any atom is -0.347 e. The highest BCUT2D eigenvalue weighted by Gasteiger charge is 2.08. The first-order valence-corrected chi connectivity index (χ1v) is 4.34. The molecule has 0 aliphatic rings. The van der Waals surface area contributed by atoms with Gasteiger partial charge in [-0.1, -0.05) is 0 Å². The standard InChI is InChI=1S/C7H12ClN3O3/c1-11(2)6(13)4-9-7(14)10-5(12)3-8/h3-4H2,1-2H3,(H2,9,10,12,14). The van der Waals surface area contributed by atoms with Crippen LogP contribution in [0.3, 0.4) is 0 Å². The molecule has 0 radical (unpaired) electrons. The van der Waals surface area contributed by atoms with Crippen LogP contribution in [0.25, 0.3) is 0 Å². The van der Waals surface area contributed by atoms with E-state index in [1.54, 1.807) is 14.1 Å². The van der Waals surface area contributed by atoms with E-state index in [2.05, 4.69) is 5.32 Å². The Morgan fingerprint density at radius 3 is 2.29 bits per heavy atom. The van der Waals surface area contributed by atoms with E-state index < -0.39 is 11.9 Å². The molecule has 0 aliphatic carbocycles. The van der Waals surface area contributed by atoms with Gasteiger partial charge in [0.15, 0.2) is 0 Å². The molecule has 0 saturated carbocycles. The average molecular weight is 222 g/mol. The Bertz CT molecular complexity index is 242. The van der Waals surface area contributed by atoms with Gasteiger partial charge in [-0.25, -0.2) is 4.79 Å². The summed E-state index contributed by atoms with van der Waals surface area (Å²) in [6.07, 6.45) is 0. The smallest absolute Gasteiger partial charge is 0.321 e. The predicted molar refractivity (Wildman–Crippen MR) is 51.0 cm³/mol. The highest BCUT2D eigenvalue weighted by Crippen LogP contribution is 1.77. The quantitative estimate of drug-likeness (QED) is 0.609. The van der Waals surface area contributed by atoms with E-state index in [0.717, 1.165) is 0 Å². The summed E-state index contributed by atoms with van der Waals surface area (Å²) >= 11 is 5.14. The van der Waals surface area contributed by atoms with Gasteiger partial charge in [-0.15, -0.1) is 11.6 Å². The number of hydrogen-bond acceptors (Lipinski definition) is 3. The lowest BCUT2D eigenvalue weighted by molar-refractivity contribution is -0.127.